The van der Waals surface area contributed by atoms with Gasteiger partial charge in [0.05, 0.1) is 0 Å². The summed E-state index contributed by atoms with van der Waals surface area (Å²) in [6.45, 7) is 25.3. The molecule has 1 aromatic carbocycles. The molecule has 2 aromatic rings. The van der Waals surface area contributed by atoms with Gasteiger partial charge in [-0.3, -0.25) is 4.98 Å². The lowest BCUT2D eigenvalue weighted by Crippen LogP contribution is -2.21. The molecule has 0 aliphatic carbocycles. The highest BCUT2D eigenvalue weighted by atomic mass is 14.9. The van der Waals surface area contributed by atoms with Gasteiger partial charge in [-0.15, -0.1) is 0 Å². The average molecular weight is 393 g/mol. The highest BCUT2D eigenvalue weighted by molar-refractivity contribution is 5.72. The molecule has 0 radical (unpaired) electrons. The number of pyridine rings is 1. The third-order valence-electron chi connectivity index (χ3n) is 5.00. The van der Waals surface area contributed by atoms with Crippen molar-refractivity contribution in [3.63, 3.8) is 0 Å². The number of aryl methyl sites for hydroxylation is 4. The van der Waals surface area contributed by atoms with Gasteiger partial charge in [0.15, 0.2) is 0 Å². The molecule has 1 N–H and O–H groups in total. The zero-order chi connectivity index (χ0) is 22.3. The summed E-state index contributed by atoms with van der Waals surface area (Å²) in [4.78, 5) is 4.64. The number of rotatable bonds is 2. The van der Waals surface area contributed by atoms with E-state index >= 15 is 0 Å². The first-order valence-corrected chi connectivity index (χ1v) is 10.9. The molecule has 29 heavy (non-hydrogen) atoms. The van der Waals surface area contributed by atoms with Crippen LogP contribution in [0.2, 0.25) is 0 Å². The molecule has 158 valence electrons. The number of nitrogens with zero attached hydrogens (tertiary/aromatic N) is 1. The maximum atomic E-state index is 4.64. The van der Waals surface area contributed by atoms with Crippen molar-refractivity contribution in [1.29, 1.82) is 0 Å². The lowest BCUT2D eigenvalue weighted by molar-refractivity contribution is 0.874. The van der Waals surface area contributed by atoms with Crippen molar-refractivity contribution in [3.8, 4) is 0 Å². The fraction of sp³-hybridized carbons (Fsp3) is 0.444. The fourth-order valence-electron chi connectivity index (χ4n) is 3.88. The van der Waals surface area contributed by atoms with Crippen molar-refractivity contribution in [2.24, 2.45) is 0 Å². The lowest BCUT2D eigenvalue weighted by Gasteiger charge is -2.34. The molecule has 2 heterocycles. The second-order valence-corrected chi connectivity index (χ2v) is 7.76. The Morgan fingerprint density at radius 2 is 1.62 bits per heavy atom. The summed E-state index contributed by atoms with van der Waals surface area (Å²) in [7, 11) is 0. The molecule has 0 fully saturated rings. The van der Waals surface area contributed by atoms with Crippen LogP contribution in [-0.4, -0.2) is 4.98 Å². The highest BCUT2D eigenvalue weighted by Crippen LogP contribution is 2.46. The Bertz CT molecular complexity index is 888. The number of anilines is 1. The van der Waals surface area contributed by atoms with E-state index in [0.717, 1.165) is 11.3 Å². The first kappa shape index (κ1) is 24.7. The number of allylic oxidation sites excluding steroid dienone is 3. The van der Waals surface area contributed by atoms with Gasteiger partial charge in [-0.25, -0.2) is 0 Å². The zero-order valence-corrected chi connectivity index (χ0v) is 20.2. The van der Waals surface area contributed by atoms with Crippen LogP contribution in [0.4, 0.5) is 5.69 Å². The minimum Gasteiger partial charge on any atom is -0.358 e. The molecule has 1 aliphatic heterocycles. The van der Waals surface area contributed by atoms with Crippen LogP contribution < -0.4 is 5.32 Å². The van der Waals surface area contributed by atoms with Crippen molar-refractivity contribution >= 4 is 5.69 Å². The smallest absolute Gasteiger partial charge is 0.0487 e. The van der Waals surface area contributed by atoms with Crippen LogP contribution >= 0.6 is 0 Å². The molecule has 0 bridgehead atoms. The second kappa shape index (κ2) is 11.0. The van der Waals surface area contributed by atoms with Crippen LogP contribution in [0.1, 0.15) is 87.4 Å². The summed E-state index contributed by atoms with van der Waals surface area (Å²) < 4.78 is 0. The highest BCUT2D eigenvalue weighted by Gasteiger charge is 2.31. The van der Waals surface area contributed by atoms with Crippen molar-refractivity contribution in [2.45, 2.75) is 81.6 Å². The molecule has 0 amide bonds. The maximum Gasteiger partial charge on any atom is 0.0487 e. The third kappa shape index (κ3) is 5.38. The number of hydrogen-bond donors (Lipinski definition) is 1. The van der Waals surface area contributed by atoms with E-state index in [2.05, 4.69) is 90.5 Å². The van der Waals surface area contributed by atoms with Gasteiger partial charge in [-0.2, -0.15) is 0 Å². The van der Waals surface area contributed by atoms with Crippen LogP contribution in [0.5, 0.6) is 0 Å². The number of fused-ring (bicyclic) bond motifs is 1. The monoisotopic (exact) mass is 392 g/mol. The number of hydrogen-bond acceptors (Lipinski definition) is 2. The predicted molar refractivity (Wildman–Crippen MR) is 130 cm³/mol. The standard InChI is InChI=1S/C22H26N2.C3H8.C2H6/c1-12(2)19-17(7)24-22-15(5)11-23-16(6)20(22)21(19)18-9-8-13(3)10-14(18)4;1-3-2;1-2/h8-11,21,24H,1H2,2-7H3;3H2,1-2H3;1-2H3/t21-;;/m0../s1. The molecule has 0 unspecified atom stereocenters. The van der Waals surface area contributed by atoms with Crippen LogP contribution in [0.3, 0.4) is 0 Å². The van der Waals surface area contributed by atoms with Crippen LogP contribution in [0, 0.1) is 27.7 Å². The molecule has 3 rings (SSSR count). The predicted octanol–water partition coefficient (Wildman–Crippen LogP) is 8.17. The minimum absolute atomic E-state index is 0.187. The fourth-order valence-corrected chi connectivity index (χ4v) is 3.88. The van der Waals surface area contributed by atoms with Crippen LogP contribution in [0.15, 0.2) is 47.8 Å². The summed E-state index contributed by atoms with van der Waals surface area (Å²) in [6, 6.07) is 6.73. The molecule has 2 nitrogen and oxygen atoms in total. The molecule has 0 saturated carbocycles. The van der Waals surface area contributed by atoms with Gasteiger partial charge in [-0.1, -0.05) is 70.0 Å². The summed E-state index contributed by atoms with van der Waals surface area (Å²) in [5, 5.41) is 3.61. The molecule has 0 saturated heterocycles. The van der Waals surface area contributed by atoms with E-state index in [9.17, 15) is 0 Å². The van der Waals surface area contributed by atoms with Crippen molar-refractivity contribution < 1.29 is 0 Å². The summed E-state index contributed by atoms with van der Waals surface area (Å²) in [5.41, 5.74) is 12.3. The molecule has 0 spiro atoms. The van der Waals surface area contributed by atoms with Gasteiger partial charge in [0.25, 0.3) is 0 Å². The summed E-state index contributed by atoms with van der Waals surface area (Å²) in [5.74, 6) is 0.187. The Hall–Kier alpha value is -2.35. The average Bonchev–Trinajstić information content (AvgIpc) is 2.66. The van der Waals surface area contributed by atoms with Crippen molar-refractivity contribution in [2.75, 3.05) is 5.32 Å². The van der Waals surface area contributed by atoms with E-state index in [0.29, 0.717) is 0 Å². The van der Waals surface area contributed by atoms with E-state index in [-0.39, 0.29) is 5.92 Å². The van der Waals surface area contributed by atoms with E-state index in [4.69, 9.17) is 0 Å². The van der Waals surface area contributed by atoms with Crippen LogP contribution in [-0.2, 0) is 0 Å². The van der Waals surface area contributed by atoms with Gasteiger partial charge in [-0.05, 0) is 63.8 Å². The Morgan fingerprint density at radius 3 is 2.14 bits per heavy atom. The van der Waals surface area contributed by atoms with Gasteiger partial charge >= 0.3 is 0 Å². The molecule has 1 aromatic heterocycles. The first-order chi connectivity index (χ1) is 13.7. The molecule has 2 heteroatoms. The van der Waals surface area contributed by atoms with Crippen molar-refractivity contribution in [3.05, 3.63) is 81.3 Å². The van der Waals surface area contributed by atoms with Crippen LogP contribution in [0.25, 0.3) is 0 Å². The Morgan fingerprint density at radius 1 is 1.03 bits per heavy atom. The van der Waals surface area contributed by atoms with Gasteiger partial charge < -0.3 is 5.32 Å². The topological polar surface area (TPSA) is 24.9 Å². The Labute approximate surface area is 179 Å². The van der Waals surface area contributed by atoms with Gasteiger partial charge in [0.2, 0.25) is 0 Å². The Kier molecular flexibility index (Phi) is 9.36. The number of aromatic nitrogens is 1. The summed E-state index contributed by atoms with van der Waals surface area (Å²) in [6.07, 6.45) is 3.21. The molecular weight excluding hydrogens is 352 g/mol. The zero-order valence-electron chi connectivity index (χ0n) is 20.2. The van der Waals surface area contributed by atoms with E-state index in [1.54, 1.807) is 0 Å². The SMILES string of the molecule is C=C(C)C1=C(C)Nc2c(C)cnc(C)c2[C@H]1c1ccc(C)cc1C.CC.CCC. The molecule has 1 aliphatic rings. The maximum absolute atomic E-state index is 4.64. The number of benzene rings is 1. The molecular formula is C27H40N2. The number of nitrogens with one attached hydrogen (secondary N) is 1. The largest absolute Gasteiger partial charge is 0.358 e. The van der Waals surface area contributed by atoms with Gasteiger partial charge in [0.1, 0.15) is 0 Å². The van der Waals surface area contributed by atoms with Crippen molar-refractivity contribution in [1.82, 2.24) is 4.98 Å². The van der Waals surface area contributed by atoms with E-state index < -0.39 is 0 Å². The normalized spacial score (nSPS) is 14.6. The Balaban J connectivity index is 0.000000771. The molecule has 1 atom stereocenters. The third-order valence-corrected chi connectivity index (χ3v) is 5.00. The first-order valence-electron chi connectivity index (χ1n) is 10.9. The second-order valence-electron chi connectivity index (χ2n) is 7.76. The minimum atomic E-state index is 0.187. The quantitative estimate of drug-likeness (QED) is 0.557. The van der Waals surface area contributed by atoms with E-state index in [1.807, 2.05) is 20.0 Å². The van der Waals surface area contributed by atoms with E-state index in [1.165, 1.54) is 51.2 Å². The summed E-state index contributed by atoms with van der Waals surface area (Å²) >= 11 is 0. The van der Waals surface area contributed by atoms with Gasteiger partial charge in [0, 0.05) is 34.8 Å². The lowest BCUT2D eigenvalue weighted by atomic mass is 9.76.